The fraction of sp³-hybridized carbons (Fsp3) is 0.769. The van der Waals surface area contributed by atoms with E-state index in [4.69, 9.17) is 12.2 Å². The van der Waals surface area contributed by atoms with E-state index in [9.17, 15) is 4.79 Å². The molecule has 6 heteroatoms. The largest absolute Gasteiger partial charge is 0.356 e. The number of rotatable bonds is 6. The van der Waals surface area contributed by atoms with Crippen LogP contribution in [0.2, 0.25) is 0 Å². The molecule has 106 valence electrons. The van der Waals surface area contributed by atoms with Crippen molar-refractivity contribution in [1.82, 2.24) is 20.1 Å². The highest BCUT2D eigenvalue weighted by atomic mass is 32.1. The zero-order chi connectivity index (χ0) is 13.8. The number of aromatic nitrogens is 3. The van der Waals surface area contributed by atoms with Crippen molar-refractivity contribution in [2.45, 2.75) is 52.0 Å². The van der Waals surface area contributed by atoms with Crippen LogP contribution in [0.3, 0.4) is 0 Å². The highest BCUT2D eigenvalue weighted by molar-refractivity contribution is 7.71. The average molecular weight is 282 g/mol. The van der Waals surface area contributed by atoms with Gasteiger partial charge in [0.25, 0.3) is 0 Å². The Bertz CT molecular complexity index is 487. The smallest absolute Gasteiger partial charge is 0.220 e. The number of amides is 1. The summed E-state index contributed by atoms with van der Waals surface area (Å²) in [6.07, 6.45) is 5.08. The van der Waals surface area contributed by atoms with Gasteiger partial charge in [0.15, 0.2) is 4.77 Å². The van der Waals surface area contributed by atoms with Crippen LogP contribution < -0.4 is 5.32 Å². The molecule has 19 heavy (non-hydrogen) atoms. The summed E-state index contributed by atoms with van der Waals surface area (Å²) in [5, 5.41) is 9.99. The Morgan fingerprint density at radius 2 is 2.32 bits per heavy atom. The van der Waals surface area contributed by atoms with Crippen molar-refractivity contribution in [3.05, 3.63) is 10.6 Å². The van der Waals surface area contributed by atoms with E-state index in [2.05, 4.69) is 29.4 Å². The lowest BCUT2D eigenvalue weighted by molar-refractivity contribution is -0.122. The van der Waals surface area contributed by atoms with Crippen LogP contribution in [0, 0.1) is 10.7 Å². The maximum atomic E-state index is 11.7. The lowest BCUT2D eigenvalue weighted by Crippen LogP contribution is -2.29. The van der Waals surface area contributed by atoms with Gasteiger partial charge in [0, 0.05) is 25.4 Å². The van der Waals surface area contributed by atoms with Crippen molar-refractivity contribution in [3.63, 3.8) is 0 Å². The lowest BCUT2D eigenvalue weighted by atomic mass is 9.83. The highest BCUT2D eigenvalue weighted by Gasteiger charge is 2.20. The predicted molar refractivity (Wildman–Crippen MR) is 76.5 cm³/mol. The van der Waals surface area contributed by atoms with Crippen molar-refractivity contribution < 1.29 is 4.79 Å². The molecule has 0 unspecified atom stereocenters. The minimum atomic E-state index is 0.162. The predicted octanol–water partition coefficient (Wildman–Crippen LogP) is 2.37. The van der Waals surface area contributed by atoms with Crippen LogP contribution in [0.15, 0.2) is 0 Å². The molecule has 2 N–H and O–H groups in total. The van der Waals surface area contributed by atoms with E-state index in [-0.39, 0.29) is 11.9 Å². The molecular weight excluding hydrogens is 260 g/mol. The van der Waals surface area contributed by atoms with Gasteiger partial charge in [0.2, 0.25) is 5.91 Å². The Hall–Kier alpha value is -1.17. The van der Waals surface area contributed by atoms with Gasteiger partial charge >= 0.3 is 0 Å². The molecule has 2 rings (SSSR count). The molecule has 1 aliphatic rings. The number of aromatic amines is 1. The molecule has 0 spiro atoms. The molecule has 0 saturated heterocycles. The van der Waals surface area contributed by atoms with E-state index >= 15 is 0 Å². The monoisotopic (exact) mass is 282 g/mol. The highest BCUT2D eigenvalue weighted by Crippen LogP contribution is 2.28. The number of nitrogens with one attached hydrogen (secondary N) is 2. The molecule has 1 fully saturated rings. The number of carbonyl (C=O) groups excluding carboxylic acids is 1. The number of carbonyl (C=O) groups is 1. The van der Waals surface area contributed by atoms with Crippen LogP contribution in [0.1, 0.15) is 51.4 Å². The van der Waals surface area contributed by atoms with Crippen LogP contribution in [-0.2, 0) is 11.2 Å². The summed E-state index contributed by atoms with van der Waals surface area (Å²) in [5.41, 5.74) is 0. The summed E-state index contributed by atoms with van der Waals surface area (Å²) in [6, 6.07) is 0.284. The van der Waals surface area contributed by atoms with Gasteiger partial charge in [-0.15, -0.1) is 0 Å². The van der Waals surface area contributed by atoms with Crippen molar-refractivity contribution in [2.75, 3.05) is 6.54 Å². The van der Waals surface area contributed by atoms with E-state index in [1.807, 2.05) is 4.57 Å². The van der Waals surface area contributed by atoms with E-state index in [1.165, 1.54) is 19.3 Å². The molecule has 0 aliphatic heterocycles. The fourth-order valence-electron chi connectivity index (χ4n) is 2.39. The average Bonchev–Trinajstić information content (AvgIpc) is 2.65. The minimum Gasteiger partial charge on any atom is -0.356 e. The maximum Gasteiger partial charge on any atom is 0.220 e. The zero-order valence-corrected chi connectivity index (χ0v) is 12.4. The summed E-state index contributed by atoms with van der Waals surface area (Å²) in [5.74, 6) is 1.68. The number of hydrogen-bond donors (Lipinski definition) is 2. The number of H-pyrrole nitrogens is 1. The third-order valence-electron chi connectivity index (χ3n) is 3.66. The Morgan fingerprint density at radius 1 is 1.58 bits per heavy atom. The van der Waals surface area contributed by atoms with Crippen LogP contribution >= 0.6 is 12.2 Å². The molecule has 1 aromatic heterocycles. The summed E-state index contributed by atoms with van der Waals surface area (Å²) < 4.78 is 2.64. The van der Waals surface area contributed by atoms with E-state index in [1.54, 1.807) is 0 Å². The van der Waals surface area contributed by atoms with E-state index in [0.717, 1.165) is 5.82 Å². The standard InChI is InChI=1S/C13H22N4OS/c1-9(2)17-11(15-16-13(17)19)6-7-14-12(18)8-10-4-3-5-10/h9-10H,3-8H2,1-2H3,(H,14,18)(H,16,19). The molecule has 0 radical (unpaired) electrons. The van der Waals surface area contributed by atoms with Crippen molar-refractivity contribution in [3.8, 4) is 0 Å². The van der Waals surface area contributed by atoms with E-state index in [0.29, 0.717) is 30.1 Å². The van der Waals surface area contributed by atoms with Gasteiger partial charge < -0.3 is 9.88 Å². The van der Waals surface area contributed by atoms with Crippen molar-refractivity contribution >= 4 is 18.1 Å². The first-order valence-corrected chi connectivity index (χ1v) is 7.41. The van der Waals surface area contributed by atoms with Crippen LogP contribution in [-0.4, -0.2) is 27.2 Å². The number of hydrogen-bond acceptors (Lipinski definition) is 3. The second-order valence-corrected chi connectivity index (χ2v) is 5.90. The minimum absolute atomic E-state index is 0.162. The quantitative estimate of drug-likeness (QED) is 0.787. The third kappa shape index (κ3) is 3.65. The van der Waals surface area contributed by atoms with Crippen LogP contribution in [0.5, 0.6) is 0 Å². The SMILES string of the molecule is CC(C)n1c(CCNC(=O)CC2CCC2)n[nH]c1=S. The van der Waals surface area contributed by atoms with Gasteiger partial charge in [-0.05, 0) is 44.8 Å². The summed E-state index contributed by atoms with van der Waals surface area (Å²) in [7, 11) is 0. The normalized spacial score (nSPS) is 15.5. The van der Waals surface area contributed by atoms with Gasteiger partial charge in [-0.25, -0.2) is 0 Å². The van der Waals surface area contributed by atoms with Crippen molar-refractivity contribution in [2.24, 2.45) is 5.92 Å². The van der Waals surface area contributed by atoms with Gasteiger partial charge in [-0.2, -0.15) is 5.10 Å². The number of nitrogens with zero attached hydrogens (tertiary/aromatic N) is 2. The molecule has 0 aromatic carbocycles. The first-order valence-electron chi connectivity index (χ1n) is 7.00. The molecule has 0 atom stereocenters. The Morgan fingerprint density at radius 3 is 2.89 bits per heavy atom. The second-order valence-electron chi connectivity index (χ2n) is 5.51. The molecule has 1 amide bonds. The summed E-state index contributed by atoms with van der Waals surface area (Å²) in [4.78, 5) is 11.7. The van der Waals surface area contributed by atoms with Gasteiger partial charge in [0.1, 0.15) is 5.82 Å². The first-order chi connectivity index (χ1) is 9.08. The van der Waals surface area contributed by atoms with Crippen LogP contribution in [0.25, 0.3) is 0 Å². The van der Waals surface area contributed by atoms with Gasteiger partial charge in [-0.3, -0.25) is 9.89 Å². The maximum absolute atomic E-state index is 11.7. The van der Waals surface area contributed by atoms with Crippen molar-refractivity contribution in [1.29, 1.82) is 0 Å². The molecule has 5 nitrogen and oxygen atoms in total. The lowest BCUT2D eigenvalue weighted by Gasteiger charge is -2.24. The Kier molecular flexibility index (Phi) is 4.74. The Labute approximate surface area is 118 Å². The molecule has 1 saturated carbocycles. The van der Waals surface area contributed by atoms with E-state index < -0.39 is 0 Å². The third-order valence-corrected chi connectivity index (χ3v) is 3.95. The molecular formula is C13H22N4OS. The molecule has 0 bridgehead atoms. The summed E-state index contributed by atoms with van der Waals surface area (Å²) in [6.45, 7) is 4.77. The molecule has 1 heterocycles. The van der Waals surface area contributed by atoms with Gasteiger partial charge in [0.05, 0.1) is 0 Å². The second kappa shape index (κ2) is 6.32. The first kappa shape index (κ1) is 14.2. The Balaban J connectivity index is 1.79. The topological polar surface area (TPSA) is 62.7 Å². The fourth-order valence-corrected chi connectivity index (χ4v) is 2.75. The molecule has 1 aliphatic carbocycles. The van der Waals surface area contributed by atoms with Crippen LogP contribution in [0.4, 0.5) is 0 Å². The van der Waals surface area contributed by atoms with Gasteiger partial charge in [-0.1, -0.05) is 6.42 Å². The summed E-state index contributed by atoms with van der Waals surface area (Å²) >= 11 is 5.19. The zero-order valence-electron chi connectivity index (χ0n) is 11.6. The molecule has 1 aromatic rings.